The molecule has 0 fully saturated rings. The number of hydrogen-bond acceptors (Lipinski definition) is 3. The van der Waals surface area contributed by atoms with Crippen molar-refractivity contribution in [2.24, 2.45) is 5.73 Å². The van der Waals surface area contributed by atoms with Crippen molar-refractivity contribution < 1.29 is 4.79 Å². The van der Waals surface area contributed by atoms with Crippen LogP contribution in [0.4, 0.5) is 0 Å². The summed E-state index contributed by atoms with van der Waals surface area (Å²) in [6, 6.07) is 4.19. The standard InChI is InChI=1S/C11H17BrN2OS.ClH/c1-8(13)2-5-11(15)14-7-6-9-3-4-10(12)16-9;/h3-4,8H,2,5-7,13H2,1H3,(H,14,15);1H. The summed E-state index contributed by atoms with van der Waals surface area (Å²) in [6.45, 7) is 2.61. The zero-order chi connectivity index (χ0) is 12.0. The lowest BCUT2D eigenvalue weighted by molar-refractivity contribution is -0.121. The first kappa shape index (κ1) is 16.9. The van der Waals surface area contributed by atoms with E-state index in [9.17, 15) is 4.79 Å². The van der Waals surface area contributed by atoms with Crippen molar-refractivity contribution in [2.75, 3.05) is 6.54 Å². The number of nitrogens with one attached hydrogen (secondary N) is 1. The highest BCUT2D eigenvalue weighted by molar-refractivity contribution is 9.11. The largest absolute Gasteiger partial charge is 0.356 e. The van der Waals surface area contributed by atoms with Gasteiger partial charge in [-0.05, 0) is 47.8 Å². The highest BCUT2D eigenvalue weighted by Crippen LogP contribution is 2.21. The Morgan fingerprint density at radius 2 is 2.29 bits per heavy atom. The molecule has 1 heterocycles. The molecule has 0 aliphatic heterocycles. The summed E-state index contributed by atoms with van der Waals surface area (Å²) in [5, 5.41) is 2.89. The molecule has 1 rings (SSSR count). The van der Waals surface area contributed by atoms with E-state index in [1.807, 2.05) is 13.0 Å². The average Bonchev–Trinajstić information content (AvgIpc) is 2.61. The fourth-order valence-electron chi connectivity index (χ4n) is 1.26. The summed E-state index contributed by atoms with van der Waals surface area (Å²) in [4.78, 5) is 12.6. The molecule has 1 aromatic heterocycles. The van der Waals surface area contributed by atoms with E-state index in [0.717, 1.165) is 16.6 Å². The van der Waals surface area contributed by atoms with Crippen LogP contribution in [0.5, 0.6) is 0 Å². The van der Waals surface area contributed by atoms with Crippen molar-refractivity contribution in [1.29, 1.82) is 0 Å². The number of carbonyl (C=O) groups is 1. The van der Waals surface area contributed by atoms with Crippen molar-refractivity contribution in [3.63, 3.8) is 0 Å². The highest BCUT2D eigenvalue weighted by Gasteiger charge is 2.03. The van der Waals surface area contributed by atoms with E-state index in [1.54, 1.807) is 11.3 Å². The SMILES string of the molecule is CC(N)CCC(=O)NCCc1ccc(Br)s1.Cl. The van der Waals surface area contributed by atoms with E-state index in [-0.39, 0.29) is 24.4 Å². The second-order valence-corrected chi connectivity index (χ2v) is 6.37. The predicted octanol–water partition coefficient (Wildman–Crippen LogP) is 2.72. The molecule has 3 N–H and O–H groups in total. The molecule has 0 aliphatic carbocycles. The molecule has 1 atom stereocenters. The highest BCUT2D eigenvalue weighted by atomic mass is 79.9. The van der Waals surface area contributed by atoms with Crippen molar-refractivity contribution in [1.82, 2.24) is 5.32 Å². The van der Waals surface area contributed by atoms with E-state index in [1.165, 1.54) is 4.88 Å². The minimum Gasteiger partial charge on any atom is -0.356 e. The molecule has 1 amide bonds. The smallest absolute Gasteiger partial charge is 0.220 e. The minimum atomic E-state index is 0. The molecular formula is C11H18BrClN2OS. The van der Waals surface area contributed by atoms with Gasteiger partial charge in [-0.3, -0.25) is 4.79 Å². The van der Waals surface area contributed by atoms with E-state index < -0.39 is 0 Å². The maximum absolute atomic E-state index is 11.4. The third kappa shape index (κ3) is 7.76. The number of amides is 1. The fraction of sp³-hybridized carbons (Fsp3) is 0.545. The molecule has 1 unspecified atom stereocenters. The first-order valence-electron chi connectivity index (χ1n) is 5.34. The summed E-state index contributed by atoms with van der Waals surface area (Å²) < 4.78 is 1.13. The molecule has 0 aliphatic rings. The minimum absolute atomic E-state index is 0. The van der Waals surface area contributed by atoms with Crippen LogP contribution in [0.15, 0.2) is 15.9 Å². The Morgan fingerprint density at radius 1 is 1.59 bits per heavy atom. The monoisotopic (exact) mass is 340 g/mol. The number of nitrogens with two attached hydrogens (primary N) is 1. The zero-order valence-electron chi connectivity index (χ0n) is 9.74. The van der Waals surface area contributed by atoms with E-state index in [2.05, 4.69) is 27.3 Å². The maximum atomic E-state index is 11.4. The van der Waals surface area contributed by atoms with Crippen LogP contribution in [-0.2, 0) is 11.2 Å². The lowest BCUT2D eigenvalue weighted by Crippen LogP contribution is -2.27. The molecule has 0 aromatic carbocycles. The molecule has 0 spiro atoms. The third-order valence-corrected chi connectivity index (χ3v) is 3.83. The van der Waals surface area contributed by atoms with Crippen molar-refractivity contribution in [3.05, 3.63) is 20.8 Å². The number of halogens is 2. The van der Waals surface area contributed by atoms with Crippen LogP contribution < -0.4 is 11.1 Å². The van der Waals surface area contributed by atoms with Gasteiger partial charge >= 0.3 is 0 Å². The van der Waals surface area contributed by atoms with E-state index >= 15 is 0 Å². The summed E-state index contributed by atoms with van der Waals surface area (Å²) in [7, 11) is 0. The molecule has 0 saturated heterocycles. The van der Waals surface area contributed by atoms with Gasteiger partial charge < -0.3 is 11.1 Å². The number of hydrogen-bond donors (Lipinski definition) is 2. The van der Waals surface area contributed by atoms with Gasteiger partial charge in [-0.1, -0.05) is 0 Å². The van der Waals surface area contributed by atoms with Crippen LogP contribution >= 0.6 is 39.7 Å². The van der Waals surface area contributed by atoms with Gasteiger partial charge in [0.1, 0.15) is 0 Å². The van der Waals surface area contributed by atoms with Gasteiger partial charge in [0.2, 0.25) is 5.91 Å². The number of rotatable bonds is 6. The van der Waals surface area contributed by atoms with Crippen LogP contribution in [0.3, 0.4) is 0 Å². The van der Waals surface area contributed by atoms with Gasteiger partial charge in [0.05, 0.1) is 3.79 Å². The normalized spacial score (nSPS) is 11.7. The van der Waals surface area contributed by atoms with Crippen LogP contribution in [-0.4, -0.2) is 18.5 Å². The molecule has 0 radical (unpaired) electrons. The van der Waals surface area contributed by atoms with E-state index in [4.69, 9.17) is 5.73 Å². The Kier molecular flexibility index (Phi) is 8.86. The Bertz CT molecular complexity index is 344. The van der Waals surface area contributed by atoms with Crippen LogP contribution in [0.1, 0.15) is 24.6 Å². The molecule has 6 heteroatoms. The Balaban J connectivity index is 0.00000256. The average molecular weight is 342 g/mol. The molecule has 3 nitrogen and oxygen atoms in total. The Morgan fingerprint density at radius 3 is 2.82 bits per heavy atom. The Hall–Kier alpha value is -0.100. The lowest BCUT2D eigenvalue weighted by Gasteiger charge is -2.06. The summed E-state index contributed by atoms with van der Waals surface area (Å²) in [6.07, 6.45) is 2.16. The van der Waals surface area contributed by atoms with Gasteiger partial charge in [0.15, 0.2) is 0 Å². The van der Waals surface area contributed by atoms with Gasteiger partial charge in [-0.15, -0.1) is 23.7 Å². The van der Waals surface area contributed by atoms with Crippen LogP contribution in [0, 0.1) is 0 Å². The summed E-state index contributed by atoms with van der Waals surface area (Å²) >= 11 is 5.11. The van der Waals surface area contributed by atoms with Crippen LogP contribution in [0.25, 0.3) is 0 Å². The molecule has 98 valence electrons. The second-order valence-electron chi connectivity index (χ2n) is 3.82. The molecule has 0 bridgehead atoms. The quantitative estimate of drug-likeness (QED) is 0.836. The van der Waals surface area contributed by atoms with Gasteiger partial charge in [-0.25, -0.2) is 0 Å². The van der Waals surface area contributed by atoms with Crippen molar-refractivity contribution in [2.45, 2.75) is 32.2 Å². The summed E-state index contributed by atoms with van der Waals surface area (Å²) in [5.74, 6) is 0.0907. The lowest BCUT2D eigenvalue weighted by atomic mass is 10.2. The van der Waals surface area contributed by atoms with Crippen LogP contribution in [0.2, 0.25) is 0 Å². The maximum Gasteiger partial charge on any atom is 0.220 e. The summed E-state index contributed by atoms with van der Waals surface area (Å²) in [5.41, 5.74) is 5.58. The van der Waals surface area contributed by atoms with Crippen molar-refractivity contribution >= 4 is 45.6 Å². The molecular weight excluding hydrogens is 324 g/mol. The van der Waals surface area contributed by atoms with Gasteiger partial charge in [-0.2, -0.15) is 0 Å². The zero-order valence-corrected chi connectivity index (χ0v) is 13.0. The van der Waals surface area contributed by atoms with E-state index in [0.29, 0.717) is 13.0 Å². The number of carbonyl (C=O) groups excluding carboxylic acids is 1. The molecule has 0 saturated carbocycles. The molecule has 17 heavy (non-hydrogen) atoms. The van der Waals surface area contributed by atoms with Crippen molar-refractivity contribution in [3.8, 4) is 0 Å². The first-order valence-corrected chi connectivity index (χ1v) is 6.95. The molecule has 1 aromatic rings. The third-order valence-electron chi connectivity index (χ3n) is 2.15. The Labute approximate surface area is 121 Å². The first-order chi connectivity index (χ1) is 7.58. The topological polar surface area (TPSA) is 55.1 Å². The van der Waals surface area contributed by atoms with Gasteiger partial charge in [0.25, 0.3) is 0 Å². The fourth-order valence-corrected chi connectivity index (χ4v) is 2.74. The van der Waals surface area contributed by atoms with Gasteiger partial charge in [0, 0.05) is 23.9 Å². The number of thiophene rings is 1. The second kappa shape index (κ2) is 8.91. The predicted molar refractivity (Wildman–Crippen MR) is 78.9 cm³/mol.